The van der Waals surface area contributed by atoms with E-state index in [0.717, 1.165) is 16.5 Å². The molecule has 11 nitrogen and oxygen atoms in total. The Kier molecular flexibility index (Phi) is 11.9. The summed E-state index contributed by atoms with van der Waals surface area (Å²) in [4.78, 5) is 53.5. The Hall–Kier alpha value is -3.09. The van der Waals surface area contributed by atoms with Gasteiger partial charge in [0.15, 0.2) is 0 Å². The number of aromatic nitrogens is 1. The third-order valence-electron chi connectivity index (χ3n) is 6.13. The number of carboxylic acids is 1. The molecule has 0 aliphatic heterocycles. The molecule has 0 bridgehead atoms. The maximum Gasteiger partial charge on any atom is 0.326 e. The summed E-state index contributed by atoms with van der Waals surface area (Å²) in [6, 6.07) is 3.39. The first kappa shape index (κ1) is 30.1. The van der Waals surface area contributed by atoms with Crippen molar-refractivity contribution >= 4 is 47.2 Å². The van der Waals surface area contributed by atoms with Gasteiger partial charge < -0.3 is 37.5 Å². The monoisotopic (exact) mass is 534 g/mol. The molecule has 0 saturated heterocycles. The fourth-order valence-electron chi connectivity index (χ4n) is 3.79. The zero-order valence-corrected chi connectivity index (χ0v) is 22.1. The molecule has 0 fully saturated rings. The lowest BCUT2D eigenvalue weighted by Gasteiger charge is -2.25. The van der Waals surface area contributed by atoms with Crippen LogP contribution in [-0.2, 0) is 25.6 Å². The fraction of sp³-hybridized carbons (Fsp3) is 0.520. The van der Waals surface area contributed by atoms with E-state index in [2.05, 4.69) is 33.6 Å². The number of hydrogen-bond acceptors (Lipinski definition) is 7. The number of benzene rings is 1. The Morgan fingerprint density at radius 1 is 0.973 bits per heavy atom. The number of carbonyl (C=O) groups excluding carboxylic acids is 3. The number of amides is 3. The number of carbonyl (C=O) groups is 4. The van der Waals surface area contributed by atoms with Crippen molar-refractivity contribution in [2.45, 2.75) is 63.7 Å². The summed E-state index contributed by atoms with van der Waals surface area (Å²) in [5, 5.41) is 18.4. The average Bonchev–Trinajstić information content (AvgIpc) is 3.28. The van der Waals surface area contributed by atoms with Crippen LogP contribution in [0.15, 0.2) is 30.5 Å². The van der Waals surface area contributed by atoms with Crippen molar-refractivity contribution < 1.29 is 24.3 Å². The van der Waals surface area contributed by atoms with Gasteiger partial charge in [-0.05, 0) is 43.4 Å². The number of para-hydroxylation sites is 1. The van der Waals surface area contributed by atoms with E-state index in [1.165, 1.54) is 0 Å². The normalized spacial score (nSPS) is 14.5. The minimum Gasteiger partial charge on any atom is -0.480 e. The van der Waals surface area contributed by atoms with E-state index in [9.17, 15) is 24.3 Å². The van der Waals surface area contributed by atoms with Gasteiger partial charge in [-0.3, -0.25) is 14.4 Å². The van der Waals surface area contributed by atoms with Crippen molar-refractivity contribution in [1.29, 1.82) is 0 Å². The highest BCUT2D eigenvalue weighted by molar-refractivity contribution is 7.80. The molecule has 2 aromatic rings. The number of nitrogens with two attached hydrogens (primary N) is 2. The molecule has 0 saturated carbocycles. The molecule has 1 heterocycles. The summed E-state index contributed by atoms with van der Waals surface area (Å²) in [7, 11) is 0. The fourth-order valence-corrected chi connectivity index (χ4v) is 4.05. The first-order valence-corrected chi connectivity index (χ1v) is 13.0. The quantitative estimate of drug-likeness (QED) is 0.119. The summed E-state index contributed by atoms with van der Waals surface area (Å²) in [6.45, 7) is 3.98. The second kappa shape index (κ2) is 14.6. The molecule has 2 rings (SSSR count). The molecule has 4 atom stereocenters. The lowest BCUT2D eigenvalue weighted by Crippen LogP contribution is -2.58. The van der Waals surface area contributed by atoms with Crippen LogP contribution in [0.3, 0.4) is 0 Å². The Bertz CT molecular complexity index is 1070. The molecule has 0 radical (unpaired) electrons. The lowest BCUT2D eigenvalue weighted by atomic mass is 10.0. The minimum absolute atomic E-state index is 0.0160. The third kappa shape index (κ3) is 8.76. The number of nitrogens with one attached hydrogen (secondary N) is 4. The number of thiol groups is 1. The SMILES string of the molecule is CC(C)C(N)C(=O)NC(CS)C(=O)NC(CCCCN)C(=O)NC(Cc1c[nH]c2ccccc12)C(=O)O. The van der Waals surface area contributed by atoms with E-state index in [1.807, 2.05) is 24.3 Å². The van der Waals surface area contributed by atoms with E-state index < -0.39 is 47.9 Å². The van der Waals surface area contributed by atoms with Gasteiger partial charge in [-0.25, -0.2) is 4.79 Å². The van der Waals surface area contributed by atoms with Crippen LogP contribution in [0, 0.1) is 5.92 Å². The molecule has 3 amide bonds. The molecule has 37 heavy (non-hydrogen) atoms. The van der Waals surface area contributed by atoms with Gasteiger partial charge in [0.1, 0.15) is 18.1 Å². The van der Waals surface area contributed by atoms with Crippen LogP contribution in [0.2, 0.25) is 0 Å². The Morgan fingerprint density at radius 2 is 1.59 bits per heavy atom. The second-order valence-corrected chi connectivity index (χ2v) is 9.69. The first-order valence-electron chi connectivity index (χ1n) is 12.3. The van der Waals surface area contributed by atoms with Crippen molar-refractivity contribution in [3.05, 3.63) is 36.0 Å². The van der Waals surface area contributed by atoms with Crippen LogP contribution in [0.1, 0.15) is 38.7 Å². The highest BCUT2D eigenvalue weighted by Gasteiger charge is 2.30. The zero-order valence-electron chi connectivity index (χ0n) is 21.2. The summed E-state index contributed by atoms with van der Waals surface area (Å²) in [6.07, 6.45) is 3.16. The Morgan fingerprint density at radius 3 is 2.22 bits per heavy atom. The molecule has 0 aliphatic carbocycles. The van der Waals surface area contributed by atoms with Gasteiger partial charge in [-0.2, -0.15) is 12.6 Å². The van der Waals surface area contributed by atoms with Crippen molar-refractivity contribution in [3.8, 4) is 0 Å². The number of carboxylic acid groups (broad SMARTS) is 1. The van der Waals surface area contributed by atoms with Crippen LogP contribution in [0.25, 0.3) is 10.9 Å². The van der Waals surface area contributed by atoms with Crippen molar-refractivity contribution in [2.24, 2.45) is 17.4 Å². The maximum atomic E-state index is 13.2. The van der Waals surface area contributed by atoms with Crippen LogP contribution >= 0.6 is 12.6 Å². The second-order valence-electron chi connectivity index (χ2n) is 9.32. The lowest BCUT2D eigenvalue weighted by molar-refractivity contribution is -0.142. The molecule has 1 aromatic heterocycles. The molecule has 9 N–H and O–H groups in total. The minimum atomic E-state index is -1.22. The van der Waals surface area contributed by atoms with E-state index in [1.54, 1.807) is 20.0 Å². The van der Waals surface area contributed by atoms with Crippen molar-refractivity contribution in [2.75, 3.05) is 12.3 Å². The third-order valence-corrected chi connectivity index (χ3v) is 6.50. The molecule has 0 spiro atoms. The molecule has 1 aromatic carbocycles. The molecular formula is C25H38N6O5S. The van der Waals surface area contributed by atoms with Gasteiger partial charge in [-0.15, -0.1) is 0 Å². The number of aliphatic carboxylic acids is 1. The van der Waals surface area contributed by atoms with E-state index in [0.29, 0.717) is 19.4 Å². The largest absolute Gasteiger partial charge is 0.480 e. The molecule has 12 heteroatoms. The molecular weight excluding hydrogens is 496 g/mol. The van der Waals surface area contributed by atoms with Gasteiger partial charge >= 0.3 is 5.97 Å². The van der Waals surface area contributed by atoms with Crippen molar-refractivity contribution in [3.63, 3.8) is 0 Å². The number of rotatable bonds is 15. The van der Waals surface area contributed by atoms with Gasteiger partial charge in [0, 0.05) is 29.3 Å². The average molecular weight is 535 g/mol. The van der Waals surface area contributed by atoms with Gasteiger partial charge in [0.05, 0.1) is 6.04 Å². The summed E-state index contributed by atoms with van der Waals surface area (Å²) >= 11 is 4.16. The summed E-state index contributed by atoms with van der Waals surface area (Å²) in [5.41, 5.74) is 13.0. The van der Waals surface area contributed by atoms with Crippen molar-refractivity contribution in [1.82, 2.24) is 20.9 Å². The van der Waals surface area contributed by atoms with E-state index in [-0.39, 0.29) is 24.5 Å². The smallest absolute Gasteiger partial charge is 0.326 e. The predicted molar refractivity (Wildman–Crippen MR) is 145 cm³/mol. The van der Waals surface area contributed by atoms with E-state index >= 15 is 0 Å². The number of hydrogen-bond donors (Lipinski definition) is 8. The predicted octanol–water partition coefficient (Wildman–Crippen LogP) is 0.292. The Balaban J connectivity index is 2.13. The van der Waals surface area contributed by atoms with Gasteiger partial charge in [-0.1, -0.05) is 32.0 Å². The first-order chi connectivity index (χ1) is 17.6. The number of fused-ring (bicyclic) bond motifs is 1. The maximum absolute atomic E-state index is 13.2. The van der Waals surface area contributed by atoms with Gasteiger partial charge in [0.2, 0.25) is 17.7 Å². The molecule has 4 unspecified atom stereocenters. The number of aromatic amines is 1. The van der Waals surface area contributed by atoms with E-state index in [4.69, 9.17) is 11.5 Å². The highest BCUT2D eigenvalue weighted by Crippen LogP contribution is 2.19. The standard InChI is InChI=1S/C25H38N6O5S/c1-14(2)21(27)24(34)31-20(13-37)23(33)29-18(9-5-6-10-26)22(32)30-19(25(35)36)11-15-12-28-17-8-4-3-7-16(15)17/h3-4,7-8,12,14,18-21,28,37H,5-6,9-11,13,26-27H2,1-2H3,(H,29,33)(H,30,32)(H,31,34)(H,35,36). The van der Waals surface area contributed by atoms with Gasteiger partial charge in [0.25, 0.3) is 0 Å². The van der Waals surface area contributed by atoms with Crippen LogP contribution < -0.4 is 27.4 Å². The topological polar surface area (TPSA) is 192 Å². The highest BCUT2D eigenvalue weighted by atomic mass is 32.1. The Labute approximate surface area is 221 Å². The zero-order chi connectivity index (χ0) is 27.5. The molecule has 0 aliphatic rings. The number of unbranched alkanes of at least 4 members (excludes halogenated alkanes) is 1. The molecule has 204 valence electrons. The summed E-state index contributed by atoms with van der Waals surface area (Å²) < 4.78 is 0. The van der Waals surface area contributed by atoms with Crippen LogP contribution in [-0.4, -0.2) is 70.2 Å². The number of H-pyrrole nitrogens is 1. The van der Waals surface area contributed by atoms with Crippen LogP contribution in [0.5, 0.6) is 0 Å². The van der Waals surface area contributed by atoms with Crippen LogP contribution in [0.4, 0.5) is 0 Å². The summed E-state index contributed by atoms with van der Waals surface area (Å²) in [5.74, 6) is -3.11.